The molecular weight excluding hydrogens is 224 g/mol. The van der Waals surface area contributed by atoms with Crippen molar-refractivity contribution in [1.82, 2.24) is 15.0 Å². The lowest BCUT2D eigenvalue weighted by atomic mass is 10.4. The van der Waals surface area contributed by atoms with Crippen LogP contribution in [-0.2, 0) is 9.59 Å². The smallest absolute Gasteiger partial charge is 0.236 e. The highest BCUT2D eigenvalue weighted by Gasteiger charge is 2.08. The zero-order valence-corrected chi connectivity index (χ0v) is 9.65. The molecule has 2 amide bonds. The molecule has 1 heterocycles. The second kappa shape index (κ2) is 5.73. The standard InChI is InChI=1S/C9H14N6O2/c1-3-5(16)11-8-13-7(10)14-9(15-8)12-6(17)4-2/h3-4H2,1-2H3,(H4,10,11,12,13,14,15,16,17). The summed E-state index contributed by atoms with van der Waals surface area (Å²) in [5.41, 5.74) is 5.43. The minimum absolute atomic E-state index is 0.0238. The van der Waals surface area contributed by atoms with Crippen molar-refractivity contribution in [1.29, 1.82) is 0 Å². The normalized spacial score (nSPS) is 9.76. The van der Waals surface area contributed by atoms with E-state index >= 15 is 0 Å². The number of nitrogens with two attached hydrogens (primary N) is 1. The van der Waals surface area contributed by atoms with Crippen LogP contribution >= 0.6 is 0 Å². The van der Waals surface area contributed by atoms with Gasteiger partial charge in [-0.1, -0.05) is 13.8 Å². The van der Waals surface area contributed by atoms with Gasteiger partial charge in [-0.25, -0.2) is 0 Å². The number of hydrogen-bond donors (Lipinski definition) is 3. The van der Waals surface area contributed by atoms with Gasteiger partial charge in [-0.2, -0.15) is 15.0 Å². The number of rotatable bonds is 4. The number of carbonyl (C=O) groups is 2. The van der Waals surface area contributed by atoms with Crippen LogP contribution in [0.5, 0.6) is 0 Å². The van der Waals surface area contributed by atoms with Crippen molar-refractivity contribution in [2.24, 2.45) is 0 Å². The van der Waals surface area contributed by atoms with E-state index in [-0.39, 0.29) is 29.7 Å². The second-order valence-corrected chi connectivity index (χ2v) is 3.14. The number of nitrogen functional groups attached to an aromatic ring is 1. The predicted molar refractivity (Wildman–Crippen MR) is 62.1 cm³/mol. The van der Waals surface area contributed by atoms with Gasteiger partial charge < -0.3 is 5.73 Å². The van der Waals surface area contributed by atoms with Crippen LogP contribution in [0.2, 0.25) is 0 Å². The van der Waals surface area contributed by atoms with Gasteiger partial charge in [-0.05, 0) is 0 Å². The number of hydrogen-bond acceptors (Lipinski definition) is 6. The minimum atomic E-state index is -0.247. The highest BCUT2D eigenvalue weighted by Crippen LogP contribution is 2.07. The van der Waals surface area contributed by atoms with Gasteiger partial charge in [0.1, 0.15) is 0 Å². The van der Waals surface area contributed by atoms with Crippen LogP contribution in [-0.4, -0.2) is 26.8 Å². The third kappa shape index (κ3) is 4.01. The van der Waals surface area contributed by atoms with Crippen LogP contribution in [0.25, 0.3) is 0 Å². The summed E-state index contributed by atoms with van der Waals surface area (Å²) in [7, 11) is 0. The molecule has 1 rings (SSSR count). The van der Waals surface area contributed by atoms with Gasteiger partial charge in [-0.3, -0.25) is 20.2 Å². The van der Waals surface area contributed by atoms with E-state index in [9.17, 15) is 9.59 Å². The van der Waals surface area contributed by atoms with E-state index in [1.165, 1.54) is 0 Å². The highest BCUT2D eigenvalue weighted by atomic mass is 16.2. The second-order valence-electron chi connectivity index (χ2n) is 3.14. The predicted octanol–water partition coefficient (Wildman–Crippen LogP) is 0.151. The Morgan fingerprint density at radius 1 is 1.00 bits per heavy atom. The number of amides is 2. The number of anilines is 3. The number of carbonyl (C=O) groups excluding carboxylic acids is 2. The summed E-state index contributed by atoms with van der Waals surface area (Å²) in [4.78, 5) is 33.6. The summed E-state index contributed by atoms with van der Waals surface area (Å²) in [5, 5.41) is 4.86. The fourth-order valence-electron chi connectivity index (χ4n) is 0.930. The molecule has 0 saturated carbocycles. The molecule has 4 N–H and O–H groups in total. The molecule has 0 aliphatic rings. The molecule has 0 aromatic carbocycles. The maximum Gasteiger partial charge on any atom is 0.236 e. The van der Waals surface area contributed by atoms with E-state index in [2.05, 4.69) is 25.6 Å². The molecule has 0 unspecified atom stereocenters. The van der Waals surface area contributed by atoms with Crippen molar-refractivity contribution in [3.05, 3.63) is 0 Å². The molecule has 8 nitrogen and oxygen atoms in total. The summed E-state index contributed by atoms with van der Waals surface area (Å²) < 4.78 is 0. The lowest BCUT2D eigenvalue weighted by Crippen LogP contribution is -2.17. The van der Waals surface area contributed by atoms with Crippen molar-refractivity contribution in [2.75, 3.05) is 16.4 Å². The van der Waals surface area contributed by atoms with Gasteiger partial charge in [0.2, 0.25) is 29.7 Å². The van der Waals surface area contributed by atoms with Gasteiger partial charge >= 0.3 is 0 Å². The number of nitrogens with one attached hydrogen (secondary N) is 2. The molecule has 17 heavy (non-hydrogen) atoms. The van der Waals surface area contributed by atoms with Crippen LogP contribution < -0.4 is 16.4 Å². The summed E-state index contributed by atoms with van der Waals surface area (Å²) in [6, 6.07) is 0. The Kier molecular flexibility index (Phi) is 4.32. The van der Waals surface area contributed by atoms with E-state index < -0.39 is 0 Å². The first kappa shape index (κ1) is 12.8. The molecule has 0 aliphatic heterocycles. The zero-order chi connectivity index (χ0) is 12.8. The molecule has 8 heteroatoms. The Bertz CT molecular complexity index is 397. The Hall–Kier alpha value is -2.25. The first-order chi connectivity index (χ1) is 8.05. The number of nitrogens with zero attached hydrogens (tertiary/aromatic N) is 3. The molecule has 0 radical (unpaired) electrons. The first-order valence-corrected chi connectivity index (χ1v) is 5.16. The summed E-state index contributed by atoms with van der Waals surface area (Å²) >= 11 is 0. The van der Waals surface area contributed by atoms with Crippen LogP contribution in [0, 0.1) is 0 Å². The van der Waals surface area contributed by atoms with Crippen molar-refractivity contribution in [3.8, 4) is 0 Å². The fourth-order valence-corrected chi connectivity index (χ4v) is 0.930. The van der Waals surface area contributed by atoms with Crippen LogP contribution in [0.1, 0.15) is 26.7 Å². The van der Waals surface area contributed by atoms with Crippen LogP contribution in [0.15, 0.2) is 0 Å². The van der Waals surface area contributed by atoms with E-state index in [0.717, 1.165) is 0 Å². The minimum Gasteiger partial charge on any atom is -0.368 e. The summed E-state index contributed by atoms with van der Waals surface area (Å²) in [6.07, 6.45) is 0.588. The fraction of sp³-hybridized carbons (Fsp3) is 0.444. The van der Waals surface area contributed by atoms with E-state index in [1.54, 1.807) is 13.8 Å². The highest BCUT2D eigenvalue weighted by molar-refractivity contribution is 5.90. The molecule has 1 aromatic heterocycles. The Morgan fingerprint density at radius 3 is 1.76 bits per heavy atom. The molecule has 1 aromatic rings. The average molecular weight is 238 g/mol. The van der Waals surface area contributed by atoms with Gasteiger partial charge in [-0.15, -0.1) is 0 Å². The van der Waals surface area contributed by atoms with E-state index in [4.69, 9.17) is 5.73 Å². The largest absolute Gasteiger partial charge is 0.368 e. The molecule has 0 aliphatic carbocycles. The van der Waals surface area contributed by atoms with Crippen molar-refractivity contribution in [3.63, 3.8) is 0 Å². The summed E-state index contributed by atoms with van der Waals surface area (Å²) in [6.45, 7) is 3.39. The van der Waals surface area contributed by atoms with E-state index in [1.807, 2.05) is 0 Å². The Balaban J connectivity index is 2.86. The Morgan fingerprint density at radius 2 is 1.41 bits per heavy atom. The van der Waals surface area contributed by atoms with Crippen LogP contribution in [0.4, 0.5) is 17.8 Å². The van der Waals surface area contributed by atoms with Gasteiger partial charge in [0, 0.05) is 12.8 Å². The lowest BCUT2D eigenvalue weighted by molar-refractivity contribution is -0.116. The van der Waals surface area contributed by atoms with Gasteiger partial charge in [0.25, 0.3) is 0 Å². The SMILES string of the molecule is CCC(=O)Nc1nc(N)nc(NC(=O)CC)n1. The molecule has 0 fully saturated rings. The maximum atomic E-state index is 11.1. The van der Waals surface area contributed by atoms with E-state index in [0.29, 0.717) is 12.8 Å². The van der Waals surface area contributed by atoms with Crippen LogP contribution in [0.3, 0.4) is 0 Å². The van der Waals surface area contributed by atoms with Crippen molar-refractivity contribution >= 4 is 29.7 Å². The zero-order valence-electron chi connectivity index (χ0n) is 9.65. The molecule has 92 valence electrons. The topological polar surface area (TPSA) is 123 Å². The van der Waals surface area contributed by atoms with Crippen molar-refractivity contribution in [2.45, 2.75) is 26.7 Å². The molecule has 0 saturated heterocycles. The maximum absolute atomic E-state index is 11.1. The quantitative estimate of drug-likeness (QED) is 0.686. The van der Waals surface area contributed by atoms with Crippen molar-refractivity contribution < 1.29 is 9.59 Å². The monoisotopic (exact) mass is 238 g/mol. The molecule has 0 spiro atoms. The third-order valence-corrected chi connectivity index (χ3v) is 1.80. The third-order valence-electron chi connectivity index (χ3n) is 1.80. The molecule has 0 bridgehead atoms. The van der Waals surface area contributed by atoms with Gasteiger partial charge in [0.15, 0.2) is 0 Å². The first-order valence-electron chi connectivity index (χ1n) is 5.16. The summed E-state index contributed by atoms with van der Waals surface area (Å²) in [5.74, 6) is -0.518. The Labute approximate surface area is 98.0 Å². The average Bonchev–Trinajstić information content (AvgIpc) is 2.27. The number of aromatic nitrogens is 3. The molecular formula is C9H14N6O2. The van der Waals surface area contributed by atoms with Gasteiger partial charge in [0.05, 0.1) is 0 Å². The molecule has 0 atom stereocenters. The lowest BCUT2D eigenvalue weighted by Gasteiger charge is -2.05.